The van der Waals surface area contributed by atoms with E-state index in [1.165, 1.54) is 25.7 Å². The minimum absolute atomic E-state index is 0.790. The molecule has 0 unspecified atom stereocenters. The molecule has 3 rings (SSSR count). The molecule has 0 spiro atoms. The largest absolute Gasteiger partial charge is 0.368 e. The van der Waals surface area contributed by atoms with Gasteiger partial charge in [-0.3, -0.25) is 4.68 Å². The SMILES string of the molecule is CCCc1nc(NCC2CCCC2)c2c(n1)c(C)nn2CC. The number of nitrogens with zero attached hydrogens (tertiary/aromatic N) is 4. The average Bonchev–Trinajstić information content (AvgIpc) is 3.14. The van der Waals surface area contributed by atoms with E-state index in [1.807, 2.05) is 11.6 Å². The number of aryl methyl sites for hydroxylation is 3. The molecule has 120 valence electrons. The summed E-state index contributed by atoms with van der Waals surface area (Å²) in [5.74, 6) is 2.70. The molecule has 0 saturated heterocycles. The van der Waals surface area contributed by atoms with Crippen molar-refractivity contribution in [2.45, 2.75) is 65.8 Å². The molecule has 0 atom stereocenters. The van der Waals surface area contributed by atoms with Crippen molar-refractivity contribution in [3.05, 3.63) is 11.5 Å². The maximum absolute atomic E-state index is 4.79. The molecule has 1 aliphatic carbocycles. The van der Waals surface area contributed by atoms with Crippen LogP contribution in [0.2, 0.25) is 0 Å². The van der Waals surface area contributed by atoms with Crippen LogP contribution in [-0.2, 0) is 13.0 Å². The van der Waals surface area contributed by atoms with E-state index in [1.54, 1.807) is 0 Å². The molecule has 0 bridgehead atoms. The van der Waals surface area contributed by atoms with Gasteiger partial charge in [-0.05, 0) is 39.0 Å². The molecule has 0 amide bonds. The quantitative estimate of drug-likeness (QED) is 0.883. The molecule has 1 fully saturated rings. The highest BCUT2D eigenvalue weighted by atomic mass is 15.3. The Labute approximate surface area is 132 Å². The molecule has 1 aliphatic rings. The summed E-state index contributed by atoms with van der Waals surface area (Å²) in [5.41, 5.74) is 3.08. The summed E-state index contributed by atoms with van der Waals surface area (Å²) in [7, 11) is 0. The van der Waals surface area contributed by atoms with Crippen molar-refractivity contribution in [1.29, 1.82) is 0 Å². The summed E-state index contributed by atoms with van der Waals surface area (Å²) >= 11 is 0. The molecule has 2 aromatic heterocycles. The number of hydrogen-bond donors (Lipinski definition) is 1. The van der Waals surface area contributed by atoms with E-state index in [0.29, 0.717) is 0 Å². The van der Waals surface area contributed by atoms with Crippen LogP contribution in [0.3, 0.4) is 0 Å². The third kappa shape index (κ3) is 2.94. The minimum atomic E-state index is 0.790. The van der Waals surface area contributed by atoms with E-state index < -0.39 is 0 Å². The van der Waals surface area contributed by atoms with Gasteiger partial charge in [-0.2, -0.15) is 5.10 Å². The molecule has 5 nitrogen and oxygen atoms in total. The Morgan fingerprint density at radius 3 is 2.64 bits per heavy atom. The Kier molecular flexibility index (Phi) is 4.60. The maximum Gasteiger partial charge on any atom is 0.156 e. The van der Waals surface area contributed by atoms with Crippen molar-refractivity contribution in [3.8, 4) is 0 Å². The van der Waals surface area contributed by atoms with E-state index in [9.17, 15) is 0 Å². The second-order valence-corrected chi connectivity index (χ2v) is 6.37. The molecule has 0 aromatic carbocycles. The fourth-order valence-electron chi connectivity index (χ4n) is 3.42. The lowest BCUT2D eigenvalue weighted by molar-refractivity contribution is 0.578. The lowest BCUT2D eigenvalue weighted by Gasteiger charge is -2.13. The predicted octanol–water partition coefficient (Wildman–Crippen LogP) is 3.71. The molecule has 22 heavy (non-hydrogen) atoms. The van der Waals surface area contributed by atoms with Crippen LogP contribution in [0.1, 0.15) is 57.5 Å². The highest BCUT2D eigenvalue weighted by Gasteiger charge is 2.18. The molecule has 0 aliphatic heterocycles. The minimum Gasteiger partial charge on any atom is -0.368 e. The fourth-order valence-corrected chi connectivity index (χ4v) is 3.42. The van der Waals surface area contributed by atoms with E-state index in [2.05, 4.69) is 24.3 Å². The lowest BCUT2D eigenvalue weighted by Crippen LogP contribution is -2.14. The van der Waals surface area contributed by atoms with Crippen LogP contribution in [0.15, 0.2) is 0 Å². The van der Waals surface area contributed by atoms with Gasteiger partial charge in [-0.1, -0.05) is 19.8 Å². The Morgan fingerprint density at radius 1 is 1.18 bits per heavy atom. The number of rotatable bonds is 6. The van der Waals surface area contributed by atoms with Crippen molar-refractivity contribution < 1.29 is 0 Å². The van der Waals surface area contributed by atoms with Crippen LogP contribution in [0, 0.1) is 12.8 Å². The average molecular weight is 301 g/mol. The molecule has 1 N–H and O–H groups in total. The van der Waals surface area contributed by atoms with Gasteiger partial charge in [0.15, 0.2) is 5.82 Å². The molecule has 2 aromatic rings. The number of fused-ring (bicyclic) bond motifs is 1. The second kappa shape index (κ2) is 6.63. The van der Waals surface area contributed by atoms with Crippen LogP contribution in [0.4, 0.5) is 5.82 Å². The lowest BCUT2D eigenvalue weighted by atomic mass is 10.1. The van der Waals surface area contributed by atoms with Crippen molar-refractivity contribution in [2.75, 3.05) is 11.9 Å². The van der Waals surface area contributed by atoms with E-state index in [0.717, 1.165) is 60.2 Å². The highest BCUT2D eigenvalue weighted by Crippen LogP contribution is 2.27. The van der Waals surface area contributed by atoms with E-state index >= 15 is 0 Å². The number of anilines is 1. The Balaban J connectivity index is 1.96. The van der Waals surface area contributed by atoms with Crippen LogP contribution in [0.5, 0.6) is 0 Å². The molecule has 1 saturated carbocycles. The first kappa shape index (κ1) is 15.3. The molecule has 5 heteroatoms. The smallest absolute Gasteiger partial charge is 0.156 e. The van der Waals surface area contributed by atoms with Crippen LogP contribution in [0.25, 0.3) is 11.0 Å². The zero-order valence-corrected chi connectivity index (χ0v) is 14.0. The molecule has 2 heterocycles. The maximum atomic E-state index is 4.79. The van der Waals surface area contributed by atoms with Gasteiger partial charge in [-0.15, -0.1) is 0 Å². The molecular formula is C17H27N5. The second-order valence-electron chi connectivity index (χ2n) is 6.37. The summed E-state index contributed by atoms with van der Waals surface area (Å²) in [6, 6.07) is 0. The van der Waals surface area contributed by atoms with Gasteiger partial charge in [0.1, 0.15) is 16.9 Å². The Bertz CT molecular complexity index is 640. The van der Waals surface area contributed by atoms with Crippen molar-refractivity contribution >= 4 is 16.9 Å². The highest BCUT2D eigenvalue weighted by molar-refractivity contribution is 5.87. The van der Waals surface area contributed by atoms with Crippen molar-refractivity contribution in [2.24, 2.45) is 5.92 Å². The van der Waals surface area contributed by atoms with Crippen molar-refractivity contribution in [3.63, 3.8) is 0 Å². The first-order valence-corrected chi connectivity index (χ1v) is 8.70. The van der Waals surface area contributed by atoms with Gasteiger partial charge in [0.05, 0.1) is 5.69 Å². The van der Waals surface area contributed by atoms with Crippen LogP contribution >= 0.6 is 0 Å². The third-order valence-corrected chi connectivity index (χ3v) is 4.61. The van der Waals surface area contributed by atoms with Crippen molar-refractivity contribution in [1.82, 2.24) is 19.7 Å². The van der Waals surface area contributed by atoms with Gasteiger partial charge < -0.3 is 5.32 Å². The summed E-state index contributed by atoms with van der Waals surface area (Å²) in [4.78, 5) is 9.53. The molecular weight excluding hydrogens is 274 g/mol. The zero-order chi connectivity index (χ0) is 15.5. The van der Waals surface area contributed by atoms with Crippen LogP contribution in [-0.4, -0.2) is 26.3 Å². The normalized spacial score (nSPS) is 15.8. The number of nitrogens with one attached hydrogen (secondary N) is 1. The third-order valence-electron chi connectivity index (χ3n) is 4.61. The van der Waals surface area contributed by atoms with E-state index in [-0.39, 0.29) is 0 Å². The molecule has 0 radical (unpaired) electrons. The van der Waals surface area contributed by atoms with E-state index in [4.69, 9.17) is 9.97 Å². The number of hydrogen-bond acceptors (Lipinski definition) is 4. The summed E-state index contributed by atoms with van der Waals surface area (Å²) in [6.45, 7) is 8.19. The van der Waals surface area contributed by atoms with Gasteiger partial charge in [0.2, 0.25) is 0 Å². The van der Waals surface area contributed by atoms with Gasteiger partial charge in [0, 0.05) is 19.5 Å². The standard InChI is InChI=1S/C17H27N5/c1-4-8-14-19-15-12(3)21-22(5-2)16(15)17(20-14)18-11-13-9-6-7-10-13/h13H,4-11H2,1-3H3,(H,18,19,20). The summed E-state index contributed by atoms with van der Waals surface area (Å²) in [6.07, 6.45) is 7.42. The van der Waals surface area contributed by atoms with Gasteiger partial charge in [0.25, 0.3) is 0 Å². The Hall–Kier alpha value is -1.65. The zero-order valence-electron chi connectivity index (χ0n) is 14.0. The predicted molar refractivity (Wildman–Crippen MR) is 90.2 cm³/mol. The first-order valence-electron chi connectivity index (χ1n) is 8.70. The fraction of sp³-hybridized carbons (Fsp3) is 0.706. The van der Waals surface area contributed by atoms with Gasteiger partial charge in [-0.25, -0.2) is 9.97 Å². The van der Waals surface area contributed by atoms with Crippen LogP contribution < -0.4 is 5.32 Å². The summed E-state index contributed by atoms with van der Waals surface area (Å²) < 4.78 is 2.03. The monoisotopic (exact) mass is 301 g/mol. The van der Waals surface area contributed by atoms with Gasteiger partial charge >= 0.3 is 0 Å². The Morgan fingerprint density at radius 2 is 1.95 bits per heavy atom. The topological polar surface area (TPSA) is 55.6 Å². The summed E-state index contributed by atoms with van der Waals surface area (Å²) in [5, 5.41) is 8.23. The number of aromatic nitrogens is 4. The first-order chi connectivity index (χ1) is 10.7.